The van der Waals surface area contributed by atoms with Gasteiger partial charge in [-0.1, -0.05) is 67.9 Å². The van der Waals surface area contributed by atoms with Gasteiger partial charge in [0.1, 0.15) is 0 Å². The Hall–Kier alpha value is -1.64. The third-order valence-corrected chi connectivity index (χ3v) is 4.52. The Labute approximate surface area is 128 Å². The summed E-state index contributed by atoms with van der Waals surface area (Å²) in [6.07, 6.45) is 0.923. The molecule has 3 N–H and O–H groups in total. The number of rotatable bonds is 5. The van der Waals surface area contributed by atoms with Crippen molar-refractivity contribution in [2.24, 2.45) is 5.84 Å². The van der Waals surface area contributed by atoms with Gasteiger partial charge in [0.15, 0.2) is 0 Å². The van der Waals surface area contributed by atoms with Crippen LogP contribution in [0.4, 0.5) is 0 Å². The molecule has 0 saturated carbocycles. The first-order valence-electron chi connectivity index (χ1n) is 7.53. The number of benzene rings is 2. The van der Waals surface area contributed by atoms with Gasteiger partial charge in [0.25, 0.3) is 0 Å². The maximum Gasteiger partial charge on any atom is 0.0342 e. The molecule has 0 aromatic heterocycles. The molecule has 1 unspecified atom stereocenters. The van der Waals surface area contributed by atoms with Crippen LogP contribution in [0, 0.1) is 13.8 Å². The van der Waals surface area contributed by atoms with E-state index in [4.69, 9.17) is 5.84 Å². The minimum Gasteiger partial charge on any atom is -0.271 e. The molecule has 2 aromatic rings. The monoisotopic (exact) mass is 282 g/mol. The van der Waals surface area contributed by atoms with Crippen molar-refractivity contribution in [3.8, 4) is 0 Å². The molecular weight excluding hydrogens is 256 g/mol. The molecule has 21 heavy (non-hydrogen) atoms. The first-order valence-corrected chi connectivity index (χ1v) is 7.53. The Morgan fingerprint density at radius 1 is 1.05 bits per heavy atom. The SMILES string of the molecule is Cc1ccc(C)c(CC(NN)C(C)(C)c2ccccc2)c1. The predicted octanol–water partition coefficient (Wildman–Crippen LogP) is 3.66. The van der Waals surface area contributed by atoms with Gasteiger partial charge in [0.2, 0.25) is 0 Å². The first-order chi connectivity index (χ1) is 9.95. The average molecular weight is 282 g/mol. The number of nitrogens with one attached hydrogen (secondary N) is 1. The van der Waals surface area contributed by atoms with Gasteiger partial charge in [-0.25, -0.2) is 0 Å². The molecule has 0 aliphatic heterocycles. The lowest BCUT2D eigenvalue weighted by atomic mass is 9.75. The maximum atomic E-state index is 5.88. The highest BCUT2D eigenvalue weighted by atomic mass is 15.2. The van der Waals surface area contributed by atoms with Crippen LogP contribution in [0.25, 0.3) is 0 Å². The summed E-state index contributed by atoms with van der Waals surface area (Å²) in [6, 6.07) is 17.4. The zero-order valence-electron chi connectivity index (χ0n) is 13.5. The summed E-state index contributed by atoms with van der Waals surface area (Å²) in [5.41, 5.74) is 8.29. The Morgan fingerprint density at radius 3 is 2.33 bits per heavy atom. The van der Waals surface area contributed by atoms with Crippen LogP contribution in [-0.2, 0) is 11.8 Å². The molecule has 2 heteroatoms. The van der Waals surface area contributed by atoms with Gasteiger partial charge in [-0.15, -0.1) is 0 Å². The second kappa shape index (κ2) is 6.42. The van der Waals surface area contributed by atoms with E-state index in [1.807, 2.05) is 0 Å². The van der Waals surface area contributed by atoms with E-state index in [0.29, 0.717) is 0 Å². The highest BCUT2D eigenvalue weighted by Gasteiger charge is 2.30. The third kappa shape index (κ3) is 3.52. The Balaban J connectivity index is 2.29. The summed E-state index contributed by atoms with van der Waals surface area (Å²) >= 11 is 0. The average Bonchev–Trinajstić information content (AvgIpc) is 2.48. The van der Waals surface area contributed by atoms with Crippen LogP contribution in [0.15, 0.2) is 48.5 Å². The molecule has 1 atom stereocenters. The summed E-state index contributed by atoms with van der Waals surface area (Å²) in [5.74, 6) is 5.88. The standard InChI is InChI=1S/C19H26N2/c1-14-10-11-15(2)16(12-14)13-18(21-20)19(3,4)17-8-6-5-7-9-17/h5-12,18,21H,13,20H2,1-4H3. The smallest absolute Gasteiger partial charge is 0.0342 e. The van der Waals surface area contributed by atoms with Gasteiger partial charge in [-0.05, 0) is 37.0 Å². The fraction of sp³-hybridized carbons (Fsp3) is 0.368. The highest BCUT2D eigenvalue weighted by Crippen LogP contribution is 2.29. The molecule has 2 aromatic carbocycles. The molecule has 0 saturated heterocycles. The normalized spacial score (nSPS) is 13.2. The molecule has 0 radical (unpaired) electrons. The second-order valence-electron chi connectivity index (χ2n) is 6.44. The number of hydrogen-bond acceptors (Lipinski definition) is 2. The molecular formula is C19H26N2. The van der Waals surface area contributed by atoms with Crippen molar-refractivity contribution < 1.29 is 0 Å². The summed E-state index contributed by atoms with van der Waals surface area (Å²) in [7, 11) is 0. The molecule has 2 rings (SSSR count). The van der Waals surface area contributed by atoms with Gasteiger partial charge in [-0.3, -0.25) is 11.3 Å². The van der Waals surface area contributed by atoms with Crippen molar-refractivity contribution in [2.75, 3.05) is 0 Å². The molecule has 0 aliphatic rings. The lowest BCUT2D eigenvalue weighted by molar-refractivity contribution is 0.341. The molecule has 0 aliphatic carbocycles. The van der Waals surface area contributed by atoms with E-state index in [1.54, 1.807) is 0 Å². The van der Waals surface area contributed by atoms with Crippen LogP contribution >= 0.6 is 0 Å². The lowest BCUT2D eigenvalue weighted by Crippen LogP contribution is -2.49. The second-order valence-corrected chi connectivity index (χ2v) is 6.44. The molecule has 112 valence electrons. The van der Waals surface area contributed by atoms with Gasteiger partial charge in [0, 0.05) is 11.5 Å². The van der Waals surface area contributed by atoms with Crippen molar-refractivity contribution in [1.82, 2.24) is 5.43 Å². The Kier molecular flexibility index (Phi) is 4.81. The summed E-state index contributed by atoms with van der Waals surface area (Å²) in [4.78, 5) is 0. The van der Waals surface area contributed by atoms with E-state index in [-0.39, 0.29) is 11.5 Å². The van der Waals surface area contributed by atoms with Crippen LogP contribution in [0.5, 0.6) is 0 Å². The first kappa shape index (κ1) is 15.7. The molecule has 0 heterocycles. The van der Waals surface area contributed by atoms with E-state index in [0.717, 1.165) is 6.42 Å². The summed E-state index contributed by atoms with van der Waals surface area (Å²) in [6.45, 7) is 8.80. The maximum absolute atomic E-state index is 5.88. The van der Waals surface area contributed by atoms with Gasteiger partial charge in [-0.2, -0.15) is 0 Å². The zero-order valence-corrected chi connectivity index (χ0v) is 13.5. The third-order valence-electron chi connectivity index (χ3n) is 4.52. The molecule has 0 fully saturated rings. The number of nitrogens with two attached hydrogens (primary N) is 1. The molecule has 0 bridgehead atoms. The Morgan fingerprint density at radius 2 is 1.71 bits per heavy atom. The number of hydrogen-bond donors (Lipinski definition) is 2. The van der Waals surface area contributed by atoms with E-state index in [1.165, 1.54) is 22.3 Å². The number of hydrazine groups is 1. The van der Waals surface area contributed by atoms with E-state index in [2.05, 4.69) is 81.7 Å². The summed E-state index contributed by atoms with van der Waals surface area (Å²) in [5, 5.41) is 0. The quantitative estimate of drug-likeness (QED) is 0.649. The highest BCUT2D eigenvalue weighted by molar-refractivity contribution is 5.33. The van der Waals surface area contributed by atoms with Crippen LogP contribution in [0.2, 0.25) is 0 Å². The molecule has 0 spiro atoms. The van der Waals surface area contributed by atoms with Gasteiger partial charge < -0.3 is 0 Å². The zero-order chi connectivity index (χ0) is 15.5. The van der Waals surface area contributed by atoms with Gasteiger partial charge >= 0.3 is 0 Å². The van der Waals surface area contributed by atoms with Crippen LogP contribution < -0.4 is 11.3 Å². The predicted molar refractivity (Wildman–Crippen MR) is 90.2 cm³/mol. The van der Waals surface area contributed by atoms with Gasteiger partial charge in [0.05, 0.1) is 0 Å². The van der Waals surface area contributed by atoms with Crippen molar-refractivity contribution >= 4 is 0 Å². The number of aryl methyl sites for hydroxylation is 2. The van der Waals surface area contributed by atoms with E-state index < -0.39 is 0 Å². The van der Waals surface area contributed by atoms with Crippen LogP contribution in [-0.4, -0.2) is 6.04 Å². The fourth-order valence-electron chi connectivity index (χ4n) is 2.83. The van der Waals surface area contributed by atoms with E-state index >= 15 is 0 Å². The molecule has 0 amide bonds. The topological polar surface area (TPSA) is 38.0 Å². The largest absolute Gasteiger partial charge is 0.271 e. The van der Waals surface area contributed by atoms with E-state index in [9.17, 15) is 0 Å². The Bertz CT molecular complexity index is 588. The summed E-state index contributed by atoms with van der Waals surface area (Å²) < 4.78 is 0. The van der Waals surface area contributed by atoms with Crippen molar-refractivity contribution in [3.05, 3.63) is 70.8 Å². The molecule has 2 nitrogen and oxygen atoms in total. The van der Waals surface area contributed by atoms with Crippen molar-refractivity contribution in [2.45, 2.75) is 45.6 Å². The minimum atomic E-state index is -0.0355. The fourth-order valence-corrected chi connectivity index (χ4v) is 2.83. The van der Waals surface area contributed by atoms with Crippen LogP contribution in [0.1, 0.15) is 36.1 Å². The van der Waals surface area contributed by atoms with Crippen LogP contribution in [0.3, 0.4) is 0 Å². The van der Waals surface area contributed by atoms with Crippen molar-refractivity contribution in [3.63, 3.8) is 0 Å². The van der Waals surface area contributed by atoms with Crippen molar-refractivity contribution in [1.29, 1.82) is 0 Å². The minimum absolute atomic E-state index is 0.0355. The lowest BCUT2D eigenvalue weighted by Gasteiger charge is -2.35.